The fourth-order valence-corrected chi connectivity index (χ4v) is 8.08. The quantitative estimate of drug-likeness (QED) is 0.146. The van der Waals surface area contributed by atoms with Gasteiger partial charge in [0.2, 0.25) is 0 Å². The van der Waals surface area contributed by atoms with E-state index in [9.17, 15) is 0 Å². The molecule has 0 aliphatic heterocycles. The highest BCUT2D eigenvalue weighted by atomic mass is 15.1. The number of nitrogens with zero attached hydrogens (tertiary/aromatic N) is 2. The molecular weight excluding hydrogens is 653 g/mol. The average molecular weight is 695 g/mol. The maximum Gasteiger partial charge on any atom is 0.0541 e. The minimum Gasteiger partial charge on any atom is -0.310 e. The summed E-state index contributed by atoms with van der Waals surface area (Å²) in [6.45, 7) is 4.51. The van der Waals surface area contributed by atoms with Gasteiger partial charge in [0.25, 0.3) is 0 Å². The molecule has 54 heavy (non-hydrogen) atoms. The van der Waals surface area contributed by atoms with Gasteiger partial charge >= 0.3 is 0 Å². The lowest BCUT2D eigenvalue weighted by molar-refractivity contribution is 1.11. The van der Waals surface area contributed by atoms with Gasteiger partial charge in [-0.15, -0.1) is 0 Å². The summed E-state index contributed by atoms with van der Waals surface area (Å²) in [6.07, 6.45) is 1.95. The van der Waals surface area contributed by atoms with Crippen LogP contribution in [0.4, 0.5) is 17.1 Å². The van der Waals surface area contributed by atoms with Crippen LogP contribution in [0.5, 0.6) is 0 Å². The summed E-state index contributed by atoms with van der Waals surface area (Å²) in [5, 5.41) is 2.52. The summed E-state index contributed by atoms with van der Waals surface area (Å²) in [7, 11) is 0. The van der Waals surface area contributed by atoms with E-state index in [1.165, 1.54) is 72.0 Å². The molecule has 0 aliphatic rings. The molecule has 0 atom stereocenters. The smallest absolute Gasteiger partial charge is 0.0541 e. The minimum absolute atomic E-state index is 0.946. The van der Waals surface area contributed by atoms with Crippen molar-refractivity contribution in [2.24, 2.45) is 0 Å². The van der Waals surface area contributed by atoms with Gasteiger partial charge in [-0.3, -0.25) is 0 Å². The standard InChI is InChI=1S/C52H42N2/c1-3-37-16-11-12-23-47(37)48-32-31-46(34-38(48)4-2)53(45-22-15-19-41(35-45)39-17-7-5-8-18-39)44-29-26-40(27-30-44)42-28-33-52-50(36-42)49-24-13-14-25-51(49)54(52)43-20-9-6-10-21-43/h5-36H,3-4H2,1-2H3. The molecule has 1 aromatic heterocycles. The lowest BCUT2D eigenvalue weighted by atomic mass is 9.92. The van der Waals surface area contributed by atoms with Gasteiger partial charge in [-0.05, 0) is 124 Å². The number of hydrogen-bond donors (Lipinski definition) is 0. The van der Waals surface area contributed by atoms with E-state index >= 15 is 0 Å². The van der Waals surface area contributed by atoms with Gasteiger partial charge in [0.15, 0.2) is 0 Å². The van der Waals surface area contributed by atoms with E-state index in [2.05, 4.69) is 217 Å². The number of fused-ring (bicyclic) bond motifs is 3. The Morgan fingerprint density at radius 3 is 1.74 bits per heavy atom. The van der Waals surface area contributed by atoms with Gasteiger partial charge in [0.1, 0.15) is 0 Å². The third kappa shape index (κ3) is 6.06. The summed E-state index contributed by atoms with van der Waals surface area (Å²) in [6, 6.07) is 70.7. The summed E-state index contributed by atoms with van der Waals surface area (Å²) in [4.78, 5) is 2.40. The van der Waals surface area contributed by atoms with Gasteiger partial charge in [-0.1, -0.05) is 141 Å². The molecule has 0 saturated carbocycles. The molecule has 9 rings (SSSR count). The second kappa shape index (κ2) is 14.4. The highest BCUT2D eigenvalue weighted by Gasteiger charge is 2.18. The Morgan fingerprint density at radius 2 is 0.944 bits per heavy atom. The van der Waals surface area contributed by atoms with Crippen molar-refractivity contribution in [2.45, 2.75) is 26.7 Å². The molecule has 0 aliphatic carbocycles. The molecule has 0 N–H and O–H groups in total. The molecular formula is C52H42N2. The number of aryl methyl sites for hydroxylation is 2. The Kier molecular flexibility index (Phi) is 8.86. The highest BCUT2D eigenvalue weighted by molar-refractivity contribution is 6.10. The third-order valence-electron chi connectivity index (χ3n) is 10.8. The van der Waals surface area contributed by atoms with Crippen LogP contribution in [0, 0.1) is 0 Å². The molecule has 9 aromatic rings. The Balaban J connectivity index is 1.15. The minimum atomic E-state index is 0.946. The average Bonchev–Trinajstić information content (AvgIpc) is 3.58. The van der Waals surface area contributed by atoms with Gasteiger partial charge in [0.05, 0.1) is 11.0 Å². The van der Waals surface area contributed by atoms with Crippen molar-refractivity contribution in [3.8, 4) is 39.1 Å². The van der Waals surface area contributed by atoms with E-state index in [0.717, 1.165) is 29.9 Å². The summed E-state index contributed by atoms with van der Waals surface area (Å²) in [5.41, 5.74) is 17.2. The molecule has 0 amide bonds. The van der Waals surface area contributed by atoms with Gasteiger partial charge in [0, 0.05) is 33.5 Å². The SMILES string of the molecule is CCc1ccccc1-c1ccc(N(c2ccc(-c3ccc4c(c3)c3ccccc3n4-c3ccccc3)cc2)c2cccc(-c3ccccc3)c2)cc1CC. The Labute approximate surface area is 318 Å². The number of aromatic nitrogens is 1. The molecule has 0 unspecified atom stereocenters. The zero-order valence-corrected chi connectivity index (χ0v) is 30.8. The van der Waals surface area contributed by atoms with Crippen LogP contribution in [0.3, 0.4) is 0 Å². The molecule has 2 nitrogen and oxygen atoms in total. The van der Waals surface area contributed by atoms with E-state index in [0.29, 0.717) is 0 Å². The lowest BCUT2D eigenvalue weighted by Crippen LogP contribution is -2.10. The molecule has 8 aromatic carbocycles. The number of anilines is 3. The Morgan fingerprint density at radius 1 is 0.370 bits per heavy atom. The summed E-state index contributed by atoms with van der Waals surface area (Å²) in [5.74, 6) is 0. The van der Waals surface area contributed by atoms with Crippen LogP contribution in [0.2, 0.25) is 0 Å². The van der Waals surface area contributed by atoms with E-state index in [1.54, 1.807) is 0 Å². The first-order valence-electron chi connectivity index (χ1n) is 19.1. The Hall–Kier alpha value is -6.64. The van der Waals surface area contributed by atoms with Crippen molar-refractivity contribution in [2.75, 3.05) is 4.90 Å². The highest BCUT2D eigenvalue weighted by Crippen LogP contribution is 2.41. The molecule has 0 spiro atoms. The van der Waals surface area contributed by atoms with E-state index < -0.39 is 0 Å². The molecule has 0 fully saturated rings. The maximum absolute atomic E-state index is 2.40. The fraction of sp³-hybridized carbons (Fsp3) is 0.0769. The largest absolute Gasteiger partial charge is 0.310 e. The van der Waals surface area contributed by atoms with Crippen molar-refractivity contribution in [3.05, 3.63) is 205 Å². The zero-order chi connectivity index (χ0) is 36.4. The van der Waals surface area contributed by atoms with Crippen LogP contribution in [-0.4, -0.2) is 4.57 Å². The van der Waals surface area contributed by atoms with Crippen LogP contribution in [0.25, 0.3) is 60.9 Å². The molecule has 1 heterocycles. The molecule has 260 valence electrons. The predicted octanol–water partition coefficient (Wildman–Crippen LogP) is 14.4. The predicted molar refractivity (Wildman–Crippen MR) is 231 cm³/mol. The number of hydrogen-bond acceptors (Lipinski definition) is 1. The van der Waals surface area contributed by atoms with Crippen molar-refractivity contribution in [3.63, 3.8) is 0 Å². The van der Waals surface area contributed by atoms with E-state index in [4.69, 9.17) is 0 Å². The first-order valence-corrected chi connectivity index (χ1v) is 19.1. The Bertz CT molecular complexity index is 2720. The van der Waals surface area contributed by atoms with Crippen molar-refractivity contribution < 1.29 is 0 Å². The van der Waals surface area contributed by atoms with Crippen molar-refractivity contribution in [1.29, 1.82) is 0 Å². The normalized spacial score (nSPS) is 11.3. The number of rotatable bonds is 9. The van der Waals surface area contributed by atoms with Gasteiger partial charge < -0.3 is 9.47 Å². The first-order chi connectivity index (χ1) is 26.7. The van der Waals surface area contributed by atoms with Gasteiger partial charge in [-0.25, -0.2) is 0 Å². The zero-order valence-electron chi connectivity index (χ0n) is 30.8. The summed E-state index contributed by atoms with van der Waals surface area (Å²) >= 11 is 0. The first kappa shape index (κ1) is 33.2. The molecule has 0 saturated heterocycles. The van der Waals surface area contributed by atoms with Crippen LogP contribution in [0.1, 0.15) is 25.0 Å². The number of para-hydroxylation sites is 2. The van der Waals surface area contributed by atoms with Crippen LogP contribution in [-0.2, 0) is 12.8 Å². The van der Waals surface area contributed by atoms with Crippen LogP contribution >= 0.6 is 0 Å². The van der Waals surface area contributed by atoms with Crippen molar-refractivity contribution in [1.82, 2.24) is 4.57 Å². The van der Waals surface area contributed by atoms with Crippen LogP contribution in [0.15, 0.2) is 194 Å². The fourth-order valence-electron chi connectivity index (χ4n) is 8.08. The molecule has 0 bridgehead atoms. The van der Waals surface area contributed by atoms with Crippen LogP contribution < -0.4 is 4.90 Å². The molecule has 2 heteroatoms. The van der Waals surface area contributed by atoms with E-state index in [-0.39, 0.29) is 0 Å². The second-order valence-electron chi connectivity index (χ2n) is 13.9. The monoisotopic (exact) mass is 694 g/mol. The third-order valence-corrected chi connectivity index (χ3v) is 10.8. The molecule has 0 radical (unpaired) electrons. The maximum atomic E-state index is 2.40. The van der Waals surface area contributed by atoms with E-state index in [1.807, 2.05) is 0 Å². The summed E-state index contributed by atoms with van der Waals surface area (Å²) < 4.78 is 2.37. The second-order valence-corrected chi connectivity index (χ2v) is 13.9. The topological polar surface area (TPSA) is 8.17 Å². The van der Waals surface area contributed by atoms with Crippen molar-refractivity contribution >= 4 is 38.9 Å². The lowest BCUT2D eigenvalue weighted by Gasteiger charge is -2.27. The van der Waals surface area contributed by atoms with Gasteiger partial charge in [-0.2, -0.15) is 0 Å². The number of benzene rings is 8.